The fourth-order valence-corrected chi connectivity index (χ4v) is 14.8. The number of rotatable bonds is 4. The summed E-state index contributed by atoms with van der Waals surface area (Å²) >= 11 is 0. The van der Waals surface area contributed by atoms with Crippen molar-refractivity contribution in [2.24, 2.45) is 0 Å². The Labute approximate surface area is 435 Å². The third kappa shape index (κ3) is 5.17. The molecule has 2 spiro atoms. The summed E-state index contributed by atoms with van der Waals surface area (Å²) in [7, 11) is 0. The fourth-order valence-electron chi connectivity index (χ4n) is 14.8. The highest BCUT2D eigenvalue weighted by atomic mass is 15.1. The van der Waals surface area contributed by atoms with E-state index in [1.54, 1.807) is 0 Å². The van der Waals surface area contributed by atoms with Crippen LogP contribution in [0.5, 0.6) is 0 Å². The summed E-state index contributed by atoms with van der Waals surface area (Å²) in [6.45, 7) is 0. The zero-order valence-corrected chi connectivity index (χ0v) is 40.9. The van der Waals surface area contributed by atoms with E-state index in [2.05, 4.69) is 278 Å². The summed E-state index contributed by atoms with van der Waals surface area (Å²) in [5.74, 6) is 0. The minimum absolute atomic E-state index is 0.485. The van der Waals surface area contributed by atoms with Crippen molar-refractivity contribution in [1.82, 2.24) is 0 Å². The predicted molar refractivity (Wildman–Crippen MR) is 312 cm³/mol. The van der Waals surface area contributed by atoms with E-state index in [0.29, 0.717) is 0 Å². The van der Waals surface area contributed by atoms with Crippen molar-refractivity contribution in [2.45, 2.75) is 10.8 Å². The zero-order valence-electron chi connectivity index (χ0n) is 40.9. The largest absolute Gasteiger partial charge is 0.310 e. The van der Waals surface area contributed by atoms with Gasteiger partial charge in [0.15, 0.2) is 0 Å². The van der Waals surface area contributed by atoms with Crippen molar-refractivity contribution in [1.29, 1.82) is 0 Å². The average Bonchev–Trinajstić information content (AvgIpc) is 4.30. The van der Waals surface area contributed by atoms with Gasteiger partial charge >= 0.3 is 0 Å². The van der Waals surface area contributed by atoms with Gasteiger partial charge in [-0.3, -0.25) is 0 Å². The van der Waals surface area contributed by atoms with Crippen molar-refractivity contribution >= 4 is 49.4 Å². The van der Waals surface area contributed by atoms with E-state index in [1.165, 1.54) is 132 Å². The molecular weight excluding hydrogens is 903 g/mol. The van der Waals surface area contributed by atoms with Crippen LogP contribution in [0.1, 0.15) is 44.5 Å². The maximum atomic E-state index is 2.59. The van der Waals surface area contributed by atoms with Crippen molar-refractivity contribution in [3.05, 3.63) is 317 Å². The zero-order chi connectivity index (χ0) is 49.0. The van der Waals surface area contributed by atoms with Crippen molar-refractivity contribution in [3.63, 3.8) is 0 Å². The molecule has 0 unspecified atom stereocenters. The van der Waals surface area contributed by atoms with Crippen LogP contribution in [-0.2, 0) is 10.8 Å². The average molecular weight is 948 g/mol. The van der Waals surface area contributed by atoms with E-state index in [4.69, 9.17) is 0 Å². The highest BCUT2D eigenvalue weighted by molar-refractivity contribution is 6.26. The first kappa shape index (κ1) is 41.0. The van der Waals surface area contributed by atoms with Crippen molar-refractivity contribution < 1.29 is 0 Å². The molecule has 0 heterocycles. The van der Waals surface area contributed by atoms with E-state index >= 15 is 0 Å². The summed E-state index contributed by atoms with van der Waals surface area (Å²) in [5, 5.41) is 7.56. The molecule has 4 aliphatic carbocycles. The second-order valence-corrected chi connectivity index (χ2v) is 20.9. The first-order chi connectivity index (χ1) is 37.2. The van der Waals surface area contributed by atoms with Crippen LogP contribution >= 0.6 is 0 Å². The summed E-state index contributed by atoms with van der Waals surface area (Å²) in [6.07, 6.45) is 0. The third-order valence-electron chi connectivity index (χ3n) is 17.7. The number of fused-ring (bicyclic) bond motifs is 26. The molecular formula is C74H45N. The molecule has 1 nitrogen and oxygen atoms in total. The molecule has 0 radical (unpaired) electrons. The summed E-state index contributed by atoms with van der Waals surface area (Å²) in [5.41, 5.74) is 25.7. The van der Waals surface area contributed by atoms with Gasteiger partial charge in [0.1, 0.15) is 0 Å². The van der Waals surface area contributed by atoms with Gasteiger partial charge in [0, 0.05) is 16.9 Å². The number of hydrogen-bond donors (Lipinski definition) is 0. The number of nitrogens with zero attached hydrogens (tertiary/aromatic N) is 1. The molecule has 0 bridgehead atoms. The molecule has 0 saturated carbocycles. The van der Waals surface area contributed by atoms with Crippen LogP contribution < -0.4 is 4.90 Å². The molecule has 0 fully saturated rings. The third-order valence-corrected chi connectivity index (χ3v) is 17.7. The molecule has 0 atom stereocenters. The number of benzene rings is 13. The van der Waals surface area contributed by atoms with Gasteiger partial charge < -0.3 is 4.90 Å². The fraction of sp³-hybridized carbons (Fsp3) is 0.0270. The Balaban J connectivity index is 1.00. The van der Waals surface area contributed by atoms with Gasteiger partial charge in [0.2, 0.25) is 0 Å². The normalized spacial score (nSPS) is 14.1. The number of para-hydroxylation sites is 1. The molecule has 1 heteroatoms. The van der Waals surface area contributed by atoms with Gasteiger partial charge in [0.05, 0.1) is 16.5 Å². The van der Waals surface area contributed by atoms with Gasteiger partial charge in [-0.25, -0.2) is 0 Å². The Hall–Kier alpha value is -9.56. The van der Waals surface area contributed by atoms with Gasteiger partial charge in [-0.15, -0.1) is 0 Å². The Morgan fingerprint density at radius 1 is 0.200 bits per heavy atom. The first-order valence-electron chi connectivity index (χ1n) is 26.3. The van der Waals surface area contributed by atoms with E-state index in [1.807, 2.05) is 0 Å². The lowest BCUT2D eigenvalue weighted by Gasteiger charge is -2.34. The van der Waals surface area contributed by atoms with Crippen LogP contribution in [0, 0.1) is 0 Å². The van der Waals surface area contributed by atoms with Crippen LogP contribution in [0.2, 0.25) is 0 Å². The number of anilines is 3. The molecule has 13 aromatic rings. The van der Waals surface area contributed by atoms with Gasteiger partial charge in [-0.1, -0.05) is 231 Å². The Bertz CT molecular complexity index is 4470. The van der Waals surface area contributed by atoms with E-state index in [9.17, 15) is 0 Å². The Morgan fingerprint density at radius 3 is 1.03 bits per heavy atom. The quantitative estimate of drug-likeness (QED) is 0.159. The molecule has 346 valence electrons. The second-order valence-electron chi connectivity index (χ2n) is 20.9. The smallest absolute Gasteiger partial charge is 0.0726 e. The molecule has 13 aromatic carbocycles. The van der Waals surface area contributed by atoms with Crippen LogP contribution in [0.3, 0.4) is 0 Å². The van der Waals surface area contributed by atoms with Crippen molar-refractivity contribution in [2.75, 3.05) is 4.90 Å². The highest BCUT2D eigenvalue weighted by Gasteiger charge is 2.53. The predicted octanol–water partition coefficient (Wildman–Crippen LogP) is 19.0. The summed E-state index contributed by atoms with van der Waals surface area (Å²) in [4.78, 5) is 2.56. The molecule has 0 saturated heterocycles. The lowest BCUT2D eigenvalue weighted by Crippen LogP contribution is -2.26. The molecule has 0 N–H and O–H groups in total. The maximum absolute atomic E-state index is 2.59. The lowest BCUT2D eigenvalue weighted by atomic mass is 9.70. The van der Waals surface area contributed by atoms with Crippen LogP contribution in [-0.4, -0.2) is 0 Å². The van der Waals surface area contributed by atoms with E-state index in [0.717, 1.165) is 17.1 Å². The molecule has 0 aliphatic heterocycles. The topological polar surface area (TPSA) is 3.24 Å². The molecule has 17 rings (SSSR count). The van der Waals surface area contributed by atoms with Gasteiger partial charge in [-0.2, -0.15) is 0 Å². The lowest BCUT2D eigenvalue weighted by molar-refractivity contribution is 0.793. The minimum atomic E-state index is -0.534. The molecule has 4 aliphatic rings. The van der Waals surface area contributed by atoms with Crippen molar-refractivity contribution in [3.8, 4) is 55.6 Å². The molecule has 75 heavy (non-hydrogen) atoms. The van der Waals surface area contributed by atoms with Crippen LogP contribution in [0.15, 0.2) is 273 Å². The maximum Gasteiger partial charge on any atom is 0.0726 e. The van der Waals surface area contributed by atoms with Crippen LogP contribution in [0.4, 0.5) is 17.1 Å². The SMILES string of the molecule is c1ccc(N(c2ccc3c4ccccc4c4ccccc4c3c2)c2cc3c(cc2-c2ccc4c(c2)C2(c5ccccc5-c5ccccc52)c2ccccc2-4)-c2ccccc2C32c3ccccc3-c3ccccc32)cc1. The van der Waals surface area contributed by atoms with Gasteiger partial charge in [-0.05, 0) is 169 Å². The first-order valence-corrected chi connectivity index (χ1v) is 26.3. The standard InChI is InChI=1S/C74H45N/c1-2-20-47(21-3-1)75(48-39-41-53-51-24-5-4-22-49(51)50-23-6-7-25-52(50)62(53)43-48)72-45-71-63(59-31-13-19-37-69(59)74(71)66-34-16-10-28-56(66)57-29-11-17-35-67(57)74)44-61(72)46-38-40-60-58-30-12-18-36-68(58)73(70(60)42-46)64-32-14-8-26-54(64)55-27-9-15-33-65(55)73/h1-45H. The number of hydrogen-bond acceptors (Lipinski definition) is 1. The summed E-state index contributed by atoms with van der Waals surface area (Å²) < 4.78 is 0. The summed E-state index contributed by atoms with van der Waals surface area (Å²) in [6, 6.07) is 104. The minimum Gasteiger partial charge on any atom is -0.310 e. The Morgan fingerprint density at radius 2 is 0.560 bits per heavy atom. The van der Waals surface area contributed by atoms with E-state index in [-0.39, 0.29) is 0 Å². The monoisotopic (exact) mass is 947 g/mol. The Kier molecular flexibility index (Phi) is 8.20. The van der Waals surface area contributed by atoms with E-state index < -0.39 is 10.8 Å². The molecule has 0 aromatic heterocycles. The second kappa shape index (κ2) is 15.0. The van der Waals surface area contributed by atoms with Crippen LogP contribution in [0.25, 0.3) is 88.0 Å². The van der Waals surface area contributed by atoms with Gasteiger partial charge in [0.25, 0.3) is 0 Å². The highest BCUT2D eigenvalue weighted by Crippen LogP contribution is 2.66. The molecule has 0 amide bonds.